The van der Waals surface area contributed by atoms with Crippen LogP contribution in [0, 0.1) is 0 Å². The first-order valence-electron chi connectivity index (χ1n) is 7.00. The zero-order chi connectivity index (χ0) is 16.6. The Morgan fingerprint density at radius 2 is 2.26 bits per heavy atom. The van der Waals surface area contributed by atoms with Crippen LogP contribution in [-0.4, -0.2) is 28.3 Å². The van der Waals surface area contributed by atoms with E-state index in [4.69, 9.17) is 4.74 Å². The summed E-state index contributed by atoms with van der Waals surface area (Å²) in [6.45, 7) is 3.88. The number of thiazole rings is 1. The first kappa shape index (κ1) is 15.2. The molecule has 1 N–H and O–H groups in total. The molecular weight excluding hydrogens is 316 g/mol. The molecule has 0 radical (unpaired) electrons. The summed E-state index contributed by atoms with van der Waals surface area (Å²) >= 11 is 1.32. The van der Waals surface area contributed by atoms with Gasteiger partial charge in [0.15, 0.2) is 10.9 Å². The van der Waals surface area contributed by atoms with Crippen LogP contribution < -0.4 is 9.64 Å². The minimum atomic E-state index is -0.256. The Labute approximate surface area is 136 Å². The van der Waals surface area contributed by atoms with E-state index in [1.807, 2.05) is 6.92 Å². The third-order valence-electron chi connectivity index (χ3n) is 3.37. The average molecular weight is 330 g/mol. The molecule has 0 fully saturated rings. The lowest BCUT2D eigenvalue weighted by atomic mass is 10.1. The van der Waals surface area contributed by atoms with E-state index in [2.05, 4.69) is 4.98 Å². The Kier molecular flexibility index (Phi) is 3.87. The molecule has 2 heterocycles. The summed E-state index contributed by atoms with van der Waals surface area (Å²) in [4.78, 5) is 29.7. The summed E-state index contributed by atoms with van der Waals surface area (Å²) in [7, 11) is 0. The quantitative estimate of drug-likeness (QED) is 0.875. The van der Waals surface area contributed by atoms with Crippen molar-refractivity contribution in [3.63, 3.8) is 0 Å². The van der Waals surface area contributed by atoms with Crippen molar-refractivity contribution in [2.24, 2.45) is 0 Å². The van der Waals surface area contributed by atoms with Gasteiger partial charge in [-0.25, -0.2) is 4.98 Å². The topological polar surface area (TPSA) is 79.7 Å². The number of fused-ring (bicyclic) bond motifs is 1. The van der Waals surface area contributed by atoms with Crippen molar-refractivity contribution in [1.29, 1.82) is 0 Å². The van der Waals surface area contributed by atoms with Crippen LogP contribution in [0.5, 0.6) is 11.5 Å². The summed E-state index contributed by atoms with van der Waals surface area (Å²) in [5, 5.41) is 11.8. The molecule has 0 aliphatic carbocycles. The Morgan fingerprint density at radius 3 is 2.96 bits per heavy atom. The van der Waals surface area contributed by atoms with Crippen molar-refractivity contribution < 1.29 is 19.4 Å². The molecule has 0 bridgehead atoms. The highest BCUT2D eigenvalue weighted by molar-refractivity contribution is 7.14. The number of aromatic hydroxyl groups is 1. The Bertz CT molecular complexity index is 825. The van der Waals surface area contributed by atoms with Gasteiger partial charge in [0.1, 0.15) is 11.5 Å². The number of carbonyl (C=O) groups is 2. The van der Waals surface area contributed by atoms with Crippen LogP contribution in [-0.2, 0) is 4.79 Å². The van der Waals surface area contributed by atoms with Gasteiger partial charge < -0.3 is 9.84 Å². The number of phenolic OH excluding ortho intramolecular Hbond substituents is 1. The highest BCUT2D eigenvalue weighted by atomic mass is 32.1. The number of carbonyl (C=O) groups excluding carboxylic acids is 2. The summed E-state index contributed by atoms with van der Waals surface area (Å²) in [6.07, 6.45) is 1.54. The smallest absolute Gasteiger partial charge is 0.232 e. The molecule has 1 amide bonds. The minimum Gasteiger partial charge on any atom is -0.508 e. The number of rotatable bonds is 3. The van der Waals surface area contributed by atoms with Gasteiger partial charge in [0.25, 0.3) is 0 Å². The van der Waals surface area contributed by atoms with Gasteiger partial charge in [0, 0.05) is 31.0 Å². The number of nitrogens with zero attached hydrogens (tertiary/aromatic N) is 2. The van der Waals surface area contributed by atoms with E-state index in [9.17, 15) is 14.7 Å². The Hall–Kier alpha value is -2.67. The maximum Gasteiger partial charge on any atom is 0.232 e. The molecule has 23 heavy (non-hydrogen) atoms. The number of ketones is 1. The molecule has 0 spiro atoms. The van der Waals surface area contributed by atoms with Crippen LogP contribution in [0.3, 0.4) is 0 Å². The second kappa shape index (κ2) is 5.85. The van der Waals surface area contributed by atoms with Crippen molar-refractivity contribution in [3.05, 3.63) is 40.6 Å². The van der Waals surface area contributed by atoms with E-state index in [1.165, 1.54) is 42.5 Å². The van der Waals surface area contributed by atoms with Crippen molar-refractivity contribution in [2.45, 2.75) is 13.8 Å². The Balaban J connectivity index is 1.88. The fraction of sp³-hybridized carbons (Fsp3) is 0.188. The second-order valence-electron chi connectivity index (χ2n) is 4.94. The fourth-order valence-electron chi connectivity index (χ4n) is 2.27. The molecule has 1 aromatic carbocycles. The van der Waals surface area contributed by atoms with Crippen LogP contribution >= 0.6 is 11.3 Å². The number of phenols is 1. The number of Topliss-reactive ketones (excluding diaryl/α,β-unsaturated/α-hetero) is 1. The van der Waals surface area contributed by atoms with Gasteiger partial charge in [-0.05, 0) is 19.1 Å². The zero-order valence-corrected chi connectivity index (χ0v) is 13.4. The van der Waals surface area contributed by atoms with E-state index in [0.29, 0.717) is 28.7 Å². The van der Waals surface area contributed by atoms with E-state index in [1.54, 1.807) is 10.3 Å². The number of anilines is 1. The van der Waals surface area contributed by atoms with Crippen molar-refractivity contribution in [3.8, 4) is 11.5 Å². The second-order valence-corrected chi connectivity index (χ2v) is 5.78. The van der Waals surface area contributed by atoms with E-state index in [0.717, 1.165) is 0 Å². The number of benzene rings is 1. The molecule has 0 saturated heterocycles. The van der Waals surface area contributed by atoms with Gasteiger partial charge in [-0.1, -0.05) is 0 Å². The number of hydrogen-bond acceptors (Lipinski definition) is 6. The highest BCUT2D eigenvalue weighted by Crippen LogP contribution is 2.34. The average Bonchev–Trinajstić information content (AvgIpc) is 3.06. The third-order valence-corrected chi connectivity index (χ3v) is 4.25. The maximum absolute atomic E-state index is 12.3. The van der Waals surface area contributed by atoms with Gasteiger partial charge in [-0.2, -0.15) is 0 Å². The Morgan fingerprint density at radius 1 is 1.48 bits per heavy atom. The number of amides is 1. The summed E-state index contributed by atoms with van der Waals surface area (Å²) in [5.74, 6) is 0.170. The van der Waals surface area contributed by atoms with E-state index < -0.39 is 0 Å². The first-order valence-corrected chi connectivity index (χ1v) is 7.88. The van der Waals surface area contributed by atoms with Crippen molar-refractivity contribution >= 4 is 34.2 Å². The van der Waals surface area contributed by atoms with Crippen LogP contribution in [0.25, 0.3) is 6.08 Å². The molecule has 1 aliphatic rings. The molecule has 3 rings (SSSR count). The van der Waals surface area contributed by atoms with Crippen LogP contribution in [0.15, 0.2) is 29.3 Å². The van der Waals surface area contributed by atoms with Gasteiger partial charge in [0.05, 0.1) is 11.3 Å². The van der Waals surface area contributed by atoms with E-state index >= 15 is 0 Å². The molecule has 1 aromatic heterocycles. The highest BCUT2D eigenvalue weighted by Gasteiger charge is 2.28. The number of ether oxygens (including phenoxy) is 1. The molecular formula is C16H14N2O4S. The fourth-order valence-corrected chi connectivity index (χ4v) is 3.16. The van der Waals surface area contributed by atoms with Crippen molar-refractivity contribution in [2.75, 3.05) is 11.4 Å². The van der Waals surface area contributed by atoms with Gasteiger partial charge in [0.2, 0.25) is 11.7 Å². The molecule has 0 atom stereocenters. The molecule has 2 aromatic rings. The molecule has 118 valence electrons. The summed E-state index contributed by atoms with van der Waals surface area (Å²) < 4.78 is 5.48. The lowest BCUT2D eigenvalue weighted by Gasteiger charge is -2.14. The number of aromatic nitrogens is 1. The molecule has 7 heteroatoms. The first-order chi connectivity index (χ1) is 11.0. The summed E-state index contributed by atoms with van der Waals surface area (Å²) in [5.41, 5.74) is 0.952. The summed E-state index contributed by atoms with van der Waals surface area (Å²) in [6, 6.07) is 4.36. The maximum atomic E-state index is 12.3. The number of allylic oxidation sites excluding steroid dienone is 1. The van der Waals surface area contributed by atoms with Crippen LogP contribution in [0.4, 0.5) is 5.13 Å². The largest absolute Gasteiger partial charge is 0.508 e. The molecule has 1 aliphatic heterocycles. The zero-order valence-electron chi connectivity index (χ0n) is 12.6. The van der Waals surface area contributed by atoms with Gasteiger partial charge in [-0.3, -0.25) is 14.5 Å². The SMILES string of the molecule is CCN(C(C)=O)c1nc(/C=C2\Oc3cc(O)ccc3C2=O)cs1. The molecule has 0 unspecified atom stereocenters. The van der Waals surface area contributed by atoms with Crippen LogP contribution in [0.1, 0.15) is 29.9 Å². The monoisotopic (exact) mass is 330 g/mol. The molecule has 6 nitrogen and oxygen atoms in total. The lowest BCUT2D eigenvalue weighted by molar-refractivity contribution is -0.116. The molecule has 0 saturated carbocycles. The van der Waals surface area contributed by atoms with E-state index in [-0.39, 0.29) is 23.2 Å². The van der Waals surface area contributed by atoms with Gasteiger partial charge in [-0.15, -0.1) is 11.3 Å². The van der Waals surface area contributed by atoms with Crippen molar-refractivity contribution in [1.82, 2.24) is 4.98 Å². The minimum absolute atomic E-state index is 0.0359. The normalized spacial score (nSPS) is 14.7. The number of hydrogen-bond donors (Lipinski definition) is 1. The predicted octanol–water partition coefficient (Wildman–Crippen LogP) is 2.84. The van der Waals surface area contributed by atoms with Gasteiger partial charge >= 0.3 is 0 Å². The standard InChI is InChI=1S/C16H14N2O4S/c1-3-18(9(2)19)16-17-10(8-23-16)6-14-15(21)12-5-4-11(20)7-13(12)22-14/h4-8,20H,3H2,1-2H3/b14-6-. The third kappa shape index (κ3) is 2.83. The van der Waals surface area contributed by atoms with Crippen LogP contribution in [0.2, 0.25) is 0 Å². The predicted molar refractivity (Wildman–Crippen MR) is 86.9 cm³/mol. The lowest BCUT2D eigenvalue weighted by Crippen LogP contribution is -2.27.